The van der Waals surface area contributed by atoms with Gasteiger partial charge in [-0.05, 0) is 17.7 Å². The van der Waals surface area contributed by atoms with Crippen molar-refractivity contribution in [3.63, 3.8) is 0 Å². The van der Waals surface area contributed by atoms with Gasteiger partial charge >= 0.3 is 0 Å². The second kappa shape index (κ2) is 3.31. The Morgan fingerprint density at radius 3 is 2.50 bits per heavy atom. The predicted octanol–water partition coefficient (Wildman–Crippen LogP) is 2.28. The van der Waals surface area contributed by atoms with E-state index in [-0.39, 0.29) is 5.76 Å². The lowest BCUT2D eigenvalue weighted by Gasteiger charge is -2.26. The summed E-state index contributed by atoms with van der Waals surface area (Å²) in [5.41, 5.74) is -0.254. The highest BCUT2D eigenvalue weighted by Crippen LogP contribution is 2.30. The van der Waals surface area contributed by atoms with Gasteiger partial charge in [-0.2, -0.15) is 0 Å². The minimum absolute atomic E-state index is 0.114. The summed E-state index contributed by atoms with van der Waals surface area (Å²) in [7, 11) is 0. The summed E-state index contributed by atoms with van der Waals surface area (Å²) in [5.74, 6) is 0.114. The van der Waals surface area contributed by atoms with Gasteiger partial charge in [-0.3, -0.25) is 0 Å². The molecule has 0 aromatic heterocycles. The van der Waals surface area contributed by atoms with Crippen molar-refractivity contribution in [3.8, 4) is 0 Å². The Hall–Kier alpha value is -1.54. The van der Waals surface area contributed by atoms with E-state index in [4.69, 9.17) is 0 Å². The van der Waals surface area contributed by atoms with Crippen molar-refractivity contribution in [1.82, 2.24) is 0 Å². The highest BCUT2D eigenvalue weighted by Gasteiger charge is 2.27. The quantitative estimate of drug-likeness (QED) is 0.709. The summed E-state index contributed by atoms with van der Waals surface area (Å²) in [6, 6.07) is 9.34. The lowest BCUT2D eigenvalue weighted by molar-refractivity contribution is 0.0870. The molecule has 14 heavy (non-hydrogen) atoms. The maximum atomic E-state index is 10.2. The molecule has 2 heteroatoms. The van der Waals surface area contributed by atoms with Crippen LogP contribution >= 0.6 is 0 Å². The summed E-state index contributed by atoms with van der Waals surface area (Å²) in [5, 5.41) is 19.5. The third-order valence-corrected chi connectivity index (χ3v) is 2.38. The van der Waals surface area contributed by atoms with Crippen molar-refractivity contribution < 1.29 is 10.2 Å². The van der Waals surface area contributed by atoms with Crippen LogP contribution in [0.15, 0.2) is 54.3 Å². The van der Waals surface area contributed by atoms with E-state index in [2.05, 4.69) is 0 Å². The molecule has 0 aliphatic heterocycles. The van der Waals surface area contributed by atoms with Gasteiger partial charge in [0, 0.05) is 6.42 Å². The summed E-state index contributed by atoms with van der Waals surface area (Å²) in [4.78, 5) is 0. The maximum Gasteiger partial charge on any atom is 0.115 e. The van der Waals surface area contributed by atoms with E-state index in [0.29, 0.717) is 6.42 Å². The monoisotopic (exact) mass is 188 g/mol. The molecule has 72 valence electrons. The van der Waals surface area contributed by atoms with Crippen LogP contribution in [-0.4, -0.2) is 10.2 Å². The van der Waals surface area contributed by atoms with Crippen molar-refractivity contribution in [1.29, 1.82) is 0 Å². The van der Waals surface area contributed by atoms with Gasteiger partial charge in [-0.1, -0.05) is 36.4 Å². The molecule has 1 aromatic carbocycles. The van der Waals surface area contributed by atoms with E-state index in [9.17, 15) is 10.2 Å². The Labute approximate surface area is 82.8 Å². The van der Waals surface area contributed by atoms with Crippen LogP contribution in [0, 0.1) is 0 Å². The highest BCUT2D eigenvalue weighted by molar-refractivity contribution is 5.33. The van der Waals surface area contributed by atoms with E-state index in [0.717, 1.165) is 5.56 Å². The van der Waals surface area contributed by atoms with Crippen molar-refractivity contribution in [2.75, 3.05) is 0 Å². The Morgan fingerprint density at radius 1 is 1.14 bits per heavy atom. The predicted molar refractivity (Wildman–Crippen MR) is 54.8 cm³/mol. The number of allylic oxidation sites excluding steroid dienone is 1. The van der Waals surface area contributed by atoms with Gasteiger partial charge < -0.3 is 10.2 Å². The molecule has 1 aliphatic carbocycles. The molecule has 1 aromatic rings. The van der Waals surface area contributed by atoms with E-state index >= 15 is 0 Å². The van der Waals surface area contributed by atoms with Crippen molar-refractivity contribution >= 4 is 0 Å². The van der Waals surface area contributed by atoms with Crippen molar-refractivity contribution in [2.45, 2.75) is 12.0 Å². The van der Waals surface area contributed by atoms with Crippen LogP contribution in [0.3, 0.4) is 0 Å². The van der Waals surface area contributed by atoms with Gasteiger partial charge in [0.25, 0.3) is 0 Å². The second-order valence-corrected chi connectivity index (χ2v) is 3.47. The lowest BCUT2D eigenvalue weighted by atomic mass is 9.87. The summed E-state index contributed by atoms with van der Waals surface area (Å²) in [6.07, 6.45) is 5.34. The zero-order valence-electron chi connectivity index (χ0n) is 7.72. The molecule has 0 heterocycles. The van der Waals surface area contributed by atoms with E-state index < -0.39 is 5.60 Å². The topological polar surface area (TPSA) is 40.5 Å². The first-order chi connectivity index (χ1) is 6.71. The molecule has 0 spiro atoms. The minimum atomic E-state index is -1.06. The molecule has 0 bridgehead atoms. The number of rotatable bonds is 1. The van der Waals surface area contributed by atoms with Gasteiger partial charge in [0.1, 0.15) is 11.4 Å². The maximum absolute atomic E-state index is 10.2. The van der Waals surface area contributed by atoms with Crippen LogP contribution in [0.2, 0.25) is 0 Å². The Morgan fingerprint density at radius 2 is 1.86 bits per heavy atom. The smallest absolute Gasteiger partial charge is 0.115 e. The molecule has 2 N–H and O–H groups in total. The van der Waals surface area contributed by atoms with Crippen LogP contribution < -0.4 is 0 Å². The van der Waals surface area contributed by atoms with E-state index in [1.165, 1.54) is 6.08 Å². The first-order valence-electron chi connectivity index (χ1n) is 4.57. The third-order valence-electron chi connectivity index (χ3n) is 2.38. The molecular formula is C12H12O2. The standard InChI is InChI=1S/C12H12O2/c13-11-7-4-8-12(14,9-11)10-5-2-1-3-6-10/h1-7,9,13-14H,8H2. The highest BCUT2D eigenvalue weighted by atomic mass is 16.3. The summed E-state index contributed by atoms with van der Waals surface area (Å²) in [6.45, 7) is 0. The van der Waals surface area contributed by atoms with Crippen molar-refractivity contribution in [3.05, 3.63) is 59.9 Å². The molecule has 2 nitrogen and oxygen atoms in total. The van der Waals surface area contributed by atoms with Gasteiger partial charge in [-0.25, -0.2) is 0 Å². The third kappa shape index (κ3) is 1.56. The molecule has 0 saturated carbocycles. The number of benzene rings is 1. The summed E-state index contributed by atoms with van der Waals surface area (Å²) < 4.78 is 0. The van der Waals surface area contributed by atoms with Gasteiger partial charge in [0.05, 0.1) is 0 Å². The van der Waals surface area contributed by atoms with Crippen LogP contribution in [0.25, 0.3) is 0 Å². The number of hydrogen-bond acceptors (Lipinski definition) is 2. The van der Waals surface area contributed by atoms with E-state index in [1.807, 2.05) is 30.3 Å². The molecule has 0 saturated heterocycles. The Bertz CT molecular complexity index is 379. The molecule has 1 unspecified atom stereocenters. The zero-order chi connectivity index (χ0) is 10.0. The average molecular weight is 188 g/mol. The fraction of sp³-hybridized carbons (Fsp3) is 0.167. The van der Waals surface area contributed by atoms with Crippen molar-refractivity contribution in [2.24, 2.45) is 0 Å². The Kier molecular flexibility index (Phi) is 2.14. The first-order valence-corrected chi connectivity index (χ1v) is 4.57. The number of aliphatic hydroxyl groups excluding tert-OH is 1. The second-order valence-electron chi connectivity index (χ2n) is 3.47. The number of hydrogen-bond donors (Lipinski definition) is 2. The molecule has 1 atom stereocenters. The molecule has 0 fully saturated rings. The van der Waals surface area contributed by atoms with Gasteiger partial charge in [-0.15, -0.1) is 0 Å². The minimum Gasteiger partial charge on any atom is -0.508 e. The average Bonchev–Trinajstić information content (AvgIpc) is 2.19. The fourth-order valence-electron chi connectivity index (χ4n) is 1.64. The Balaban J connectivity index is 2.39. The number of aliphatic hydroxyl groups is 2. The first kappa shape index (κ1) is 9.03. The zero-order valence-corrected chi connectivity index (χ0v) is 7.72. The van der Waals surface area contributed by atoms with Gasteiger partial charge in [0.2, 0.25) is 0 Å². The molecular weight excluding hydrogens is 176 g/mol. The molecule has 2 rings (SSSR count). The molecule has 0 amide bonds. The summed E-state index contributed by atoms with van der Waals surface area (Å²) >= 11 is 0. The van der Waals surface area contributed by atoms with Gasteiger partial charge in [0.15, 0.2) is 0 Å². The van der Waals surface area contributed by atoms with Crippen LogP contribution in [0.4, 0.5) is 0 Å². The lowest BCUT2D eigenvalue weighted by Crippen LogP contribution is -2.24. The molecule has 1 aliphatic rings. The van der Waals surface area contributed by atoms with E-state index in [1.54, 1.807) is 12.2 Å². The van der Waals surface area contributed by atoms with Crippen LogP contribution in [-0.2, 0) is 5.60 Å². The molecule has 0 radical (unpaired) electrons. The van der Waals surface area contributed by atoms with Crippen LogP contribution in [0.5, 0.6) is 0 Å². The fourth-order valence-corrected chi connectivity index (χ4v) is 1.64. The SMILES string of the molecule is OC1=CC(O)(c2ccccc2)CC=C1. The van der Waals surface area contributed by atoms with Crippen LogP contribution in [0.1, 0.15) is 12.0 Å². The normalized spacial score (nSPS) is 25.9. The largest absolute Gasteiger partial charge is 0.508 e.